The molecule has 4 nitrogen and oxygen atoms in total. The highest BCUT2D eigenvalue weighted by Gasteiger charge is 2.21. The molecule has 0 spiro atoms. The standard InChI is InChI=1S/C78H62N2O2.4C2H6/c1-77(2,3)61-27-37-65(38-28-61)79(63-31-21-53(22-32-63)51-13-9-7-10-14-51)67-35-25-55-45-59(19-17-57(55)47-67)75-49-71-69-42-44-74-72(70(69)41-43-73(71)81-75)50-76(82-74)60-20-18-58-48-68(36-26-56(58)46-60)80(66-39-29-62(30-40-66)78(4,5)6)64-33-23-54(24-34-64)52-15-11-8-12-16-52;4*1-2/h7-50H,1-6H3;4*1-2H3. The van der Waals surface area contributed by atoms with Crippen molar-refractivity contribution in [1.82, 2.24) is 0 Å². The van der Waals surface area contributed by atoms with Crippen LogP contribution in [0.4, 0.5) is 34.1 Å². The van der Waals surface area contributed by atoms with Gasteiger partial charge in [0, 0.05) is 56.0 Å². The minimum Gasteiger partial charge on any atom is -0.456 e. The molecule has 0 bridgehead atoms. The van der Waals surface area contributed by atoms with Gasteiger partial charge in [-0.15, -0.1) is 0 Å². The Morgan fingerprint density at radius 1 is 0.233 bits per heavy atom. The van der Waals surface area contributed by atoms with E-state index in [1.165, 1.54) is 33.4 Å². The Morgan fingerprint density at radius 3 is 0.844 bits per heavy atom. The van der Waals surface area contributed by atoms with Crippen molar-refractivity contribution in [1.29, 1.82) is 0 Å². The molecule has 0 fully saturated rings. The maximum Gasteiger partial charge on any atom is 0.135 e. The summed E-state index contributed by atoms with van der Waals surface area (Å²) in [7, 11) is 0. The Morgan fingerprint density at radius 2 is 0.511 bits per heavy atom. The van der Waals surface area contributed by atoms with Crippen LogP contribution in [0.1, 0.15) is 108 Å². The van der Waals surface area contributed by atoms with Gasteiger partial charge in [0.05, 0.1) is 0 Å². The number of fused-ring (bicyclic) bond motifs is 7. The fraction of sp³-hybridized carbons (Fsp3) is 0.186. The van der Waals surface area contributed by atoms with Crippen LogP contribution in [-0.2, 0) is 10.8 Å². The van der Waals surface area contributed by atoms with Gasteiger partial charge < -0.3 is 18.6 Å². The van der Waals surface area contributed by atoms with E-state index in [0.29, 0.717) is 0 Å². The summed E-state index contributed by atoms with van der Waals surface area (Å²) < 4.78 is 13.3. The molecule has 0 aliphatic rings. The summed E-state index contributed by atoms with van der Waals surface area (Å²) in [4.78, 5) is 4.70. The van der Waals surface area contributed by atoms with Gasteiger partial charge in [0.25, 0.3) is 0 Å². The molecule has 0 saturated carbocycles. The summed E-state index contributed by atoms with van der Waals surface area (Å²) in [5.74, 6) is 1.67. The van der Waals surface area contributed by atoms with E-state index in [0.717, 1.165) is 111 Å². The van der Waals surface area contributed by atoms with Gasteiger partial charge in [0.15, 0.2) is 0 Å². The van der Waals surface area contributed by atoms with Crippen LogP contribution >= 0.6 is 0 Å². The van der Waals surface area contributed by atoms with Crippen molar-refractivity contribution >= 4 is 88.4 Å². The molecule has 0 amide bonds. The molecule has 90 heavy (non-hydrogen) atoms. The first-order valence-electron chi connectivity index (χ1n) is 32.4. The largest absolute Gasteiger partial charge is 0.456 e. The maximum atomic E-state index is 6.67. The average molecular weight is 1180 g/mol. The van der Waals surface area contributed by atoms with E-state index in [1.54, 1.807) is 0 Å². The lowest BCUT2D eigenvalue weighted by atomic mass is 9.87. The second-order valence-electron chi connectivity index (χ2n) is 23.9. The van der Waals surface area contributed by atoms with Crippen LogP contribution in [0.25, 0.3) is 99.2 Å². The molecule has 0 N–H and O–H groups in total. The van der Waals surface area contributed by atoms with Gasteiger partial charge >= 0.3 is 0 Å². The van der Waals surface area contributed by atoms with Crippen molar-refractivity contribution in [3.8, 4) is 44.9 Å². The van der Waals surface area contributed by atoms with Crippen molar-refractivity contribution < 1.29 is 8.83 Å². The van der Waals surface area contributed by atoms with Crippen LogP contribution in [0.5, 0.6) is 0 Å². The first-order valence-corrected chi connectivity index (χ1v) is 32.4. The molecule has 0 aliphatic carbocycles. The predicted molar refractivity (Wildman–Crippen MR) is 392 cm³/mol. The summed E-state index contributed by atoms with van der Waals surface area (Å²) >= 11 is 0. The van der Waals surface area contributed by atoms with Crippen LogP contribution in [-0.4, -0.2) is 0 Å². The molecular formula is C86H86N2O2. The minimum absolute atomic E-state index is 0.0579. The van der Waals surface area contributed by atoms with E-state index in [9.17, 15) is 0 Å². The number of hydrogen-bond donors (Lipinski definition) is 0. The Labute approximate surface area is 534 Å². The predicted octanol–water partition coefficient (Wildman–Crippen LogP) is 26.9. The van der Waals surface area contributed by atoms with Crippen molar-refractivity contribution in [2.24, 2.45) is 0 Å². The van der Waals surface area contributed by atoms with Crippen LogP contribution in [0.3, 0.4) is 0 Å². The Balaban J connectivity index is 0.00000107. The zero-order valence-electron chi connectivity index (χ0n) is 55.1. The third kappa shape index (κ3) is 13.1. The van der Waals surface area contributed by atoms with E-state index >= 15 is 0 Å². The van der Waals surface area contributed by atoms with Crippen LogP contribution in [0.15, 0.2) is 276 Å². The molecule has 0 aliphatic heterocycles. The monoisotopic (exact) mass is 1180 g/mol. The number of furan rings is 2. The zero-order valence-corrected chi connectivity index (χ0v) is 55.1. The molecular weight excluding hydrogens is 1090 g/mol. The summed E-state index contributed by atoms with van der Waals surface area (Å²) in [5.41, 5.74) is 17.9. The molecule has 0 saturated heterocycles. The average Bonchev–Trinajstić information content (AvgIpc) is 1.64. The number of hydrogen-bond acceptors (Lipinski definition) is 4. The van der Waals surface area contributed by atoms with Crippen LogP contribution < -0.4 is 9.80 Å². The van der Waals surface area contributed by atoms with Gasteiger partial charge in [-0.1, -0.05) is 243 Å². The fourth-order valence-corrected chi connectivity index (χ4v) is 11.8. The lowest BCUT2D eigenvalue weighted by molar-refractivity contribution is 0.590. The number of benzene rings is 12. The quantitative estimate of drug-likeness (QED) is 0.137. The van der Waals surface area contributed by atoms with Crippen molar-refractivity contribution in [2.45, 2.75) is 108 Å². The highest BCUT2D eigenvalue weighted by Crippen LogP contribution is 2.44. The number of anilines is 6. The van der Waals surface area contributed by atoms with E-state index in [2.05, 4.69) is 318 Å². The third-order valence-electron chi connectivity index (χ3n) is 16.4. The molecule has 452 valence electrons. The van der Waals surface area contributed by atoms with Gasteiger partial charge in [-0.25, -0.2) is 0 Å². The van der Waals surface area contributed by atoms with E-state index in [-0.39, 0.29) is 10.8 Å². The number of nitrogens with zero attached hydrogens (tertiary/aromatic N) is 2. The molecule has 14 aromatic rings. The SMILES string of the molecule is CC.CC.CC.CC.CC(C)(C)c1ccc(N(c2ccc(-c3ccccc3)cc2)c2ccc3cc(-c4cc5c(ccc6c7cc(-c8ccc9cc(N(c%10ccc(-c%11ccccc%11)cc%10)c%10ccc(C(C)(C)C)cc%10)ccc9c8)oc7ccc56)o4)ccc3c2)cc1. The summed E-state index contributed by atoms with van der Waals surface area (Å²) in [5, 5.41) is 9.00. The van der Waals surface area contributed by atoms with E-state index < -0.39 is 0 Å². The van der Waals surface area contributed by atoms with Crippen molar-refractivity contribution in [3.63, 3.8) is 0 Å². The van der Waals surface area contributed by atoms with Gasteiger partial charge in [0.1, 0.15) is 22.7 Å². The molecule has 0 radical (unpaired) electrons. The van der Waals surface area contributed by atoms with Gasteiger partial charge in [-0.2, -0.15) is 0 Å². The molecule has 2 aromatic heterocycles. The summed E-state index contributed by atoms with van der Waals surface area (Å²) in [6.45, 7) is 29.6. The van der Waals surface area contributed by atoms with Crippen molar-refractivity contribution in [2.75, 3.05) is 9.80 Å². The molecule has 4 heteroatoms. The van der Waals surface area contributed by atoms with E-state index in [1.807, 2.05) is 55.4 Å². The number of rotatable bonds is 10. The molecule has 12 aromatic carbocycles. The first-order chi connectivity index (χ1) is 43.8. The van der Waals surface area contributed by atoms with Crippen molar-refractivity contribution in [3.05, 3.63) is 278 Å². The molecule has 0 unspecified atom stereocenters. The fourth-order valence-electron chi connectivity index (χ4n) is 11.8. The lowest BCUT2D eigenvalue weighted by Gasteiger charge is -2.27. The summed E-state index contributed by atoms with van der Waals surface area (Å²) in [6, 6.07) is 96.6. The minimum atomic E-state index is 0.0579. The lowest BCUT2D eigenvalue weighted by Crippen LogP contribution is -2.13. The highest BCUT2D eigenvalue weighted by atomic mass is 16.3. The Kier molecular flexibility index (Phi) is 19.4. The smallest absolute Gasteiger partial charge is 0.135 e. The molecule has 14 rings (SSSR count). The maximum absolute atomic E-state index is 6.67. The van der Waals surface area contributed by atoms with Gasteiger partial charge in [-0.3, -0.25) is 0 Å². The van der Waals surface area contributed by atoms with Crippen LogP contribution in [0, 0.1) is 0 Å². The van der Waals surface area contributed by atoms with E-state index in [4.69, 9.17) is 8.83 Å². The van der Waals surface area contributed by atoms with Crippen LogP contribution in [0.2, 0.25) is 0 Å². The normalized spacial score (nSPS) is 11.2. The van der Waals surface area contributed by atoms with Gasteiger partial charge in [0.2, 0.25) is 0 Å². The first kappa shape index (κ1) is 63.1. The topological polar surface area (TPSA) is 32.8 Å². The molecule has 2 heterocycles. The third-order valence-corrected chi connectivity index (χ3v) is 16.4. The second-order valence-corrected chi connectivity index (χ2v) is 23.9. The molecule has 0 atom stereocenters. The summed E-state index contributed by atoms with van der Waals surface area (Å²) in [6.07, 6.45) is 0. The second kappa shape index (κ2) is 27.6. The zero-order chi connectivity index (χ0) is 63.7. The Bertz CT molecular complexity index is 4350. The Hall–Kier alpha value is -9.90. The highest BCUT2D eigenvalue weighted by molar-refractivity contribution is 6.17. The van der Waals surface area contributed by atoms with Gasteiger partial charge in [-0.05, 0) is 198 Å².